The molecule has 7 heteroatoms. The number of nitrogens with zero attached hydrogens (tertiary/aromatic N) is 3. The quantitative estimate of drug-likeness (QED) is 0.668. The third kappa shape index (κ3) is 3.04. The second-order valence-corrected chi connectivity index (χ2v) is 5.22. The van der Waals surface area contributed by atoms with Gasteiger partial charge in [0.05, 0.1) is 10.5 Å². The average Bonchev–Trinajstić information content (AvgIpc) is 2.91. The van der Waals surface area contributed by atoms with Gasteiger partial charge in [0, 0.05) is 19.7 Å². The van der Waals surface area contributed by atoms with Gasteiger partial charge in [-0.3, -0.25) is 14.9 Å². The Labute approximate surface area is 116 Å². The van der Waals surface area contributed by atoms with E-state index < -0.39 is 4.92 Å². The molecule has 0 bridgehead atoms. The number of amides is 1. The van der Waals surface area contributed by atoms with Gasteiger partial charge in [0.2, 0.25) is 0 Å². The van der Waals surface area contributed by atoms with Crippen molar-refractivity contribution >= 4 is 17.4 Å². The van der Waals surface area contributed by atoms with Gasteiger partial charge < -0.3 is 10.6 Å². The van der Waals surface area contributed by atoms with Crippen molar-refractivity contribution in [2.75, 3.05) is 19.3 Å². The molecule has 0 aliphatic heterocycles. The highest BCUT2D eigenvalue weighted by molar-refractivity contribution is 5.98. The summed E-state index contributed by atoms with van der Waals surface area (Å²) < 4.78 is 0. The van der Waals surface area contributed by atoms with E-state index in [1.165, 1.54) is 18.9 Å². The number of nitrogen functional groups attached to an aromatic ring is 1. The molecule has 0 aromatic carbocycles. The van der Waals surface area contributed by atoms with Crippen LogP contribution >= 0.6 is 0 Å². The molecule has 0 spiro atoms. The first kappa shape index (κ1) is 14.2. The summed E-state index contributed by atoms with van der Waals surface area (Å²) in [7, 11) is 1.69. The lowest BCUT2D eigenvalue weighted by molar-refractivity contribution is -0.385. The topological polar surface area (TPSA) is 102 Å². The van der Waals surface area contributed by atoms with E-state index in [9.17, 15) is 14.9 Å². The van der Waals surface area contributed by atoms with E-state index >= 15 is 0 Å². The molecule has 1 fully saturated rings. The van der Waals surface area contributed by atoms with Gasteiger partial charge in [-0.2, -0.15) is 0 Å². The number of nitrogens with two attached hydrogens (primary N) is 1. The number of rotatable bonds is 4. The summed E-state index contributed by atoms with van der Waals surface area (Å²) in [6.45, 7) is 0.654. The molecular weight excluding hydrogens is 260 g/mol. The fraction of sp³-hybridized carbons (Fsp3) is 0.538. The summed E-state index contributed by atoms with van der Waals surface area (Å²) in [4.78, 5) is 27.8. The van der Waals surface area contributed by atoms with E-state index in [0.29, 0.717) is 12.5 Å². The fourth-order valence-corrected chi connectivity index (χ4v) is 2.60. The largest absolute Gasteiger partial charge is 0.383 e. The SMILES string of the molecule is CN(CC1CCCC1)C(=O)c1cc([N+](=O)[O-])cnc1N. The molecular formula is C13H18N4O3. The van der Waals surface area contributed by atoms with E-state index in [-0.39, 0.29) is 23.0 Å². The molecule has 1 aliphatic carbocycles. The predicted molar refractivity (Wildman–Crippen MR) is 74.2 cm³/mol. The van der Waals surface area contributed by atoms with Crippen molar-refractivity contribution in [3.05, 3.63) is 27.9 Å². The van der Waals surface area contributed by atoms with Crippen LogP contribution in [0.4, 0.5) is 11.5 Å². The standard InChI is InChI=1S/C13H18N4O3/c1-16(8-9-4-2-3-5-9)13(18)11-6-10(17(19)20)7-15-12(11)14/h6-7,9H,2-5,8H2,1H3,(H2,14,15). The Balaban J connectivity index is 2.14. The van der Waals surface area contributed by atoms with Gasteiger partial charge in [0.1, 0.15) is 12.0 Å². The van der Waals surface area contributed by atoms with Crippen molar-refractivity contribution in [2.45, 2.75) is 25.7 Å². The second-order valence-electron chi connectivity index (χ2n) is 5.22. The fourth-order valence-electron chi connectivity index (χ4n) is 2.60. The second kappa shape index (κ2) is 5.85. The van der Waals surface area contributed by atoms with E-state index in [1.807, 2.05) is 0 Å². The summed E-state index contributed by atoms with van der Waals surface area (Å²) >= 11 is 0. The first-order chi connectivity index (χ1) is 9.49. The Kier molecular flexibility index (Phi) is 4.16. The van der Waals surface area contributed by atoms with Crippen LogP contribution in [0.25, 0.3) is 0 Å². The molecule has 0 saturated heterocycles. The van der Waals surface area contributed by atoms with Crippen molar-refractivity contribution in [2.24, 2.45) is 5.92 Å². The highest BCUT2D eigenvalue weighted by atomic mass is 16.6. The Morgan fingerprint density at radius 1 is 1.55 bits per heavy atom. The van der Waals surface area contributed by atoms with Gasteiger partial charge in [-0.25, -0.2) is 4.98 Å². The summed E-state index contributed by atoms with van der Waals surface area (Å²) in [5.41, 5.74) is 5.53. The molecule has 20 heavy (non-hydrogen) atoms. The van der Waals surface area contributed by atoms with Crippen molar-refractivity contribution in [3.8, 4) is 0 Å². The van der Waals surface area contributed by atoms with Crippen LogP contribution in [-0.2, 0) is 0 Å². The number of carbonyl (C=O) groups is 1. The Bertz CT molecular complexity index is 526. The van der Waals surface area contributed by atoms with Crippen LogP contribution in [-0.4, -0.2) is 34.3 Å². The zero-order valence-electron chi connectivity index (χ0n) is 11.4. The predicted octanol–water partition coefficient (Wildman–Crippen LogP) is 1.83. The van der Waals surface area contributed by atoms with Crippen molar-refractivity contribution in [3.63, 3.8) is 0 Å². The van der Waals surface area contributed by atoms with Gasteiger partial charge >= 0.3 is 0 Å². The zero-order chi connectivity index (χ0) is 14.7. The first-order valence-corrected chi connectivity index (χ1v) is 6.64. The molecule has 1 aromatic heterocycles. The van der Waals surface area contributed by atoms with Crippen molar-refractivity contribution in [1.29, 1.82) is 0 Å². The van der Waals surface area contributed by atoms with Crippen molar-refractivity contribution in [1.82, 2.24) is 9.88 Å². The Morgan fingerprint density at radius 3 is 2.80 bits per heavy atom. The number of anilines is 1. The van der Waals surface area contributed by atoms with Crippen LogP contribution in [0, 0.1) is 16.0 Å². The molecule has 0 radical (unpaired) electrons. The summed E-state index contributed by atoms with van der Waals surface area (Å²) in [6, 6.07) is 1.19. The summed E-state index contributed by atoms with van der Waals surface area (Å²) in [5.74, 6) is 0.223. The highest BCUT2D eigenvalue weighted by Gasteiger charge is 2.23. The minimum Gasteiger partial charge on any atom is -0.383 e. The van der Waals surface area contributed by atoms with Crippen molar-refractivity contribution < 1.29 is 9.72 Å². The maximum absolute atomic E-state index is 12.3. The molecule has 1 aromatic rings. The number of hydrogen-bond donors (Lipinski definition) is 1. The van der Waals surface area contributed by atoms with Gasteiger partial charge in [-0.1, -0.05) is 12.8 Å². The van der Waals surface area contributed by atoms with Crippen LogP contribution in [0.2, 0.25) is 0 Å². The minimum atomic E-state index is -0.583. The van der Waals surface area contributed by atoms with E-state index in [4.69, 9.17) is 5.73 Å². The first-order valence-electron chi connectivity index (χ1n) is 6.64. The van der Waals surface area contributed by atoms with E-state index in [0.717, 1.165) is 19.0 Å². The summed E-state index contributed by atoms with van der Waals surface area (Å²) in [5, 5.41) is 10.7. The summed E-state index contributed by atoms with van der Waals surface area (Å²) in [6.07, 6.45) is 5.71. The van der Waals surface area contributed by atoms with Gasteiger partial charge in [0.15, 0.2) is 0 Å². The van der Waals surface area contributed by atoms with Crippen LogP contribution < -0.4 is 5.73 Å². The lowest BCUT2D eigenvalue weighted by atomic mass is 10.1. The zero-order valence-corrected chi connectivity index (χ0v) is 11.4. The average molecular weight is 278 g/mol. The molecule has 1 saturated carbocycles. The maximum Gasteiger partial charge on any atom is 0.288 e. The number of hydrogen-bond acceptors (Lipinski definition) is 5. The maximum atomic E-state index is 12.3. The molecule has 1 aliphatic rings. The van der Waals surface area contributed by atoms with Gasteiger partial charge in [-0.05, 0) is 18.8 Å². The molecule has 0 atom stereocenters. The smallest absolute Gasteiger partial charge is 0.288 e. The van der Waals surface area contributed by atoms with Crippen LogP contribution in [0.5, 0.6) is 0 Å². The molecule has 108 valence electrons. The lowest BCUT2D eigenvalue weighted by Gasteiger charge is -2.21. The molecule has 1 amide bonds. The van der Waals surface area contributed by atoms with Crippen LogP contribution in [0.3, 0.4) is 0 Å². The van der Waals surface area contributed by atoms with E-state index in [1.54, 1.807) is 11.9 Å². The number of nitro groups is 1. The lowest BCUT2D eigenvalue weighted by Crippen LogP contribution is -2.31. The Morgan fingerprint density at radius 2 is 2.20 bits per heavy atom. The highest BCUT2D eigenvalue weighted by Crippen LogP contribution is 2.26. The minimum absolute atomic E-state index is 0.0267. The van der Waals surface area contributed by atoms with Gasteiger partial charge in [0.25, 0.3) is 11.6 Å². The molecule has 2 N–H and O–H groups in total. The molecule has 1 heterocycles. The van der Waals surface area contributed by atoms with Gasteiger partial charge in [-0.15, -0.1) is 0 Å². The normalized spacial score (nSPS) is 15.2. The third-order valence-corrected chi connectivity index (χ3v) is 3.70. The number of carbonyl (C=O) groups excluding carboxylic acids is 1. The monoisotopic (exact) mass is 278 g/mol. The Hall–Kier alpha value is -2.18. The van der Waals surface area contributed by atoms with Crippen LogP contribution in [0.15, 0.2) is 12.3 Å². The molecule has 7 nitrogen and oxygen atoms in total. The molecule has 0 unspecified atom stereocenters. The third-order valence-electron chi connectivity index (χ3n) is 3.70. The number of aromatic nitrogens is 1. The molecule has 2 rings (SSSR count). The number of pyridine rings is 1. The van der Waals surface area contributed by atoms with Crippen LogP contribution in [0.1, 0.15) is 36.0 Å². The van der Waals surface area contributed by atoms with E-state index in [2.05, 4.69) is 4.98 Å².